The molecule has 0 saturated carbocycles. The molecule has 1 aromatic heterocycles. The maximum Gasteiger partial charge on any atom is 0.414 e. The highest BCUT2D eigenvalue weighted by Crippen LogP contribution is 2.31. The van der Waals surface area contributed by atoms with Gasteiger partial charge in [-0.3, -0.25) is 9.69 Å². The van der Waals surface area contributed by atoms with Crippen molar-refractivity contribution in [3.8, 4) is 0 Å². The number of amides is 1. The molecule has 3 rings (SSSR count). The summed E-state index contributed by atoms with van der Waals surface area (Å²) in [5, 5.41) is 1.84. The number of ether oxygens (including phenoxy) is 1. The minimum absolute atomic E-state index is 0.110. The van der Waals surface area contributed by atoms with Crippen molar-refractivity contribution in [1.82, 2.24) is 0 Å². The Hall–Kier alpha value is -2.14. The third-order valence-corrected chi connectivity index (χ3v) is 4.34. The minimum atomic E-state index is -0.395. The number of benzene rings is 1. The van der Waals surface area contributed by atoms with E-state index in [9.17, 15) is 9.59 Å². The topological polar surface area (TPSA) is 46.6 Å². The average molecular weight is 301 g/mol. The Labute approximate surface area is 127 Å². The Morgan fingerprint density at radius 2 is 2.05 bits per heavy atom. The maximum absolute atomic E-state index is 12.3. The molecule has 0 N–H and O–H groups in total. The molecule has 0 radical (unpaired) electrons. The zero-order valence-electron chi connectivity index (χ0n) is 11.5. The van der Waals surface area contributed by atoms with Gasteiger partial charge >= 0.3 is 6.09 Å². The third kappa shape index (κ3) is 2.97. The van der Waals surface area contributed by atoms with Crippen LogP contribution in [0, 0.1) is 0 Å². The predicted octanol–water partition coefficient (Wildman–Crippen LogP) is 3.87. The van der Waals surface area contributed by atoms with Crippen molar-refractivity contribution in [1.29, 1.82) is 0 Å². The monoisotopic (exact) mass is 301 g/mol. The number of anilines is 1. The van der Waals surface area contributed by atoms with Crippen molar-refractivity contribution >= 4 is 28.9 Å². The summed E-state index contributed by atoms with van der Waals surface area (Å²) in [5.41, 5.74) is 1.63. The maximum atomic E-state index is 12.3. The highest BCUT2D eigenvalue weighted by atomic mass is 32.1. The lowest BCUT2D eigenvalue weighted by molar-refractivity contribution is 0.0987. The summed E-state index contributed by atoms with van der Waals surface area (Å²) in [6, 6.07) is 11.4. The summed E-state index contributed by atoms with van der Waals surface area (Å²) >= 11 is 1.38. The molecule has 1 aliphatic rings. The second-order valence-corrected chi connectivity index (χ2v) is 5.77. The zero-order chi connectivity index (χ0) is 14.7. The molecule has 1 aliphatic heterocycles. The standard InChI is InChI=1S/C16H15NO3S/c18-14-7-4-9-17(13-8-10-21-15(13)14)16(19)20-11-12-5-2-1-3-6-12/h1-3,5-6,8,10H,4,7,9,11H2. The molecule has 2 aromatic rings. The van der Waals surface area contributed by atoms with Gasteiger partial charge in [-0.05, 0) is 23.4 Å². The highest BCUT2D eigenvalue weighted by Gasteiger charge is 2.27. The molecule has 0 bridgehead atoms. The molecule has 0 saturated heterocycles. The van der Waals surface area contributed by atoms with Gasteiger partial charge in [0.2, 0.25) is 0 Å². The number of carbonyl (C=O) groups excluding carboxylic acids is 2. The van der Waals surface area contributed by atoms with Gasteiger partial charge in [-0.15, -0.1) is 11.3 Å². The van der Waals surface area contributed by atoms with Gasteiger partial charge in [-0.25, -0.2) is 4.79 Å². The van der Waals surface area contributed by atoms with Crippen LogP contribution in [0.1, 0.15) is 28.1 Å². The van der Waals surface area contributed by atoms with Crippen LogP contribution in [0.5, 0.6) is 0 Å². The molecule has 21 heavy (non-hydrogen) atoms. The molecule has 4 nitrogen and oxygen atoms in total. The summed E-state index contributed by atoms with van der Waals surface area (Å²) in [7, 11) is 0. The quantitative estimate of drug-likeness (QED) is 0.846. The van der Waals surface area contributed by atoms with E-state index in [0.717, 1.165) is 5.56 Å². The van der Waals surface area contributed by atoms with Crippen LogP contribution in [0.2, 0.25) is 0 Å². The van der Waals surface area contributed by atoms with E-state index >= 15 is 0 Å². The zero-order valence-corrected chi connectivity index (χ0v) is 12.3. The molecule has 1 amide bonds. The molecule has 0 fully saturated rings. The number of hydrogen-bond donors (Lipinski definition) is 0. The number of hydrogen-bond acceptors (Lipinski definition) is 4. The largest absolute Gasteiger partial charge is 0.444 e. The van der Waals surface area contributed by atoms with Gasteiger partial charge in [-0.1, -0.05) is 30.3 Å². The average Bonchev–Trinajstić information content (AvgIpc) is 2.94. The van der Waals surface area contributed by atoms with E-state index in [2.05, 4.69) is 0 Å². The number of Topliss-reactive ketones (excluding diaryl/α,β-unsaturated/α-hetero) is 1. The molecule has 1 aromatic carbocycles. The molecular weight excluding hydrogens is 286 g/mol. The number of ketones is 1. The van der Waals surface area contributed by atoms with Crippen LogP contribution in [0.3, 0.4) is 0 Å². The smallest absolute Gasteiger partial charge is 0.414 e. The first-order valence-corrected chi connectivity index (χ1v) is 7.72. The second-order valence-electron chi connectivity index (χ2n) is 4.85. The van der Waals surface area contributed by atoms with Crippen molar-refractivity contribution < 1.29 is 14.3 Å². The van der Waals surface area contributed by atoms with Gasteiger partial charge < -0.3 is 4.74 Å². The van der Waals surface area contributed by atoms with Crippen LogP contribution in [0.4, 0.5) is 10.5 Å². The third-order valence-electron chi connectivity index (χ3n) is 3.40. The van der Waals surface area contributed by atoms with E-state index in [4.69, 9.17) is 4.74 Å². The van der Waals surface area contributed by atoms with Crippen molar-refractivity contribution in [2.24, 2.45) is 0 Å². The Morgan fingerprint density at radius 1 is 1.24 bits per heavy atom. The minimum Gasteiger partial charge on any atom is -0.444 e. The van der Waals surface area contributed by atoms with Gasteiger partial charge in [0.15, 0.2) is 5.78 Å². The molecular formula is C16H15NO3S. The molecule has 0 spiro atoms. The summed E-state index contributed by atoms with van der Waals surface area (Å²) < 4.78 is 5.36. The lowest BCUT2D eigenvalue weighted by atomic mass is 10.2. The van der Waals surface area contributed by atoms with Gasteiger partial charge in [0.1, 0.15) is 6.61 Å². The van der Waals surface area contributed by atoms with Gasteiger partial charge in [0.05, 0.1) is 10.6 Å². The Morgan fingerprint density at radius 3 is 2.86 bits per heavy atom. The van der Waals surface area contributed by atoms with Crippen LogP contribution < -0.4 is 4.90 Å². The first-order valence-electron chi connectivity index (χ1n) is 6.84. The van der Waals surface area contributed by atoms with E-state index < -0.39 is 6.09 Å². The van der Waals surface area contributed by atoms with Crippen LogP contribution >= 0.6 is 11.3 Å². The molecule has 2 heterocycles. The fraction of sp³-hybridized carbons (Fsp3) is 0.250. The molecule has 5 heteroatoms. The molecule has 0 aliphatic carbocycles. The van der Waals surface area contributed by atoms with Gasteiger partial charge in [0.25, 0.3) is 0 Å². The Balaban J connectivity index is 1.73. The van der Waals surface area contributed by atoms with E-state index in [1.807, 2.05) is 41.8 Å². The molecule has 0 unspecified atom stereocenters. The fourth-order valence-corrected chi connectivity index (χ4v) is 3.21. The Kier molecular flexibility index (Phi) is 4.01. The SMILES string of the molecule is O=C1CCCN(C(=O)OCc2ccccc2)c2ccsc21. The fourth-order valence-electron chi connectivity index (χ4n) is 2.34. The number of fused-ring (bicyclic) bond motifs is 1. The number of thiophene rings is 1. The van der Waals surface area contributed by atoms with E-state index in [-0.39, 0.29) is 12.4 Å². The predicted molar refractivity (Wildman–Crippen MR) is 81.9 cm³/mol. The summed E-state index contributed by atoms with van der Waals surface area (Å²) in [5.74, 6) is 0.110. The number of carbonyl (C=O) groups is 2. The van der Waals surface area contributed by atoms with E-state index in [1.54, 1.807) is 4.90 Å². The van der Waals surface area contributed by atoms with Gasteiger partial charge in [-0.2, -0.15) is 0 Å². The van der Waals surface area contributed by atoms with Crippen molar-refractivity contribution in [2.75, 3.05) is 11.4 Å². The number of rotatable bonds is 2. The summed E-state index contributed by atoms with van der Waals surface area (Å²) in [4.78, 5) is 26.5. The lowest BCUT2D eigenvalue weighted by Gasteiger charge is -2.20. The highest BCUT2D eigenvalue weighted by molar-refractivity contribution is 7.12. The van der Waals surface area contributed by atoms with Crippen molar-refractivity contribution in [3.05, 3.63) is 52.2 Å². The van der Waals surface area contributed by atoms with Crippen molar-refractivity contribution in [2.45, 2.75) is 19.4 Å². The van der Waals surface area contributed by atoms with Crippen molar-refractivity contribution in [3.63, 3.8) is 0 Å². The molecule has 0 atom stereocenters. The van der Waals surface area contributed by atoms with Crippen LogP contribution in [-0.4, -0.2) is 18.4 Å². The van der Waals surface area contributed by atoms with E-state index in [0.29, 0.717) is 30.0 Å². The normalized spacial score (nSPS) is 14.5. The first kappa shape index (κ1) is 13.8. The first-order chi connectivity index (χ1) is 10.3. The van der Waals surface area contributed by atoms with E-state index in [1.165, 1.54) is 11.3 Å². The summed E-state index contributed by atoms with van der Waals surface area (Å²) in [6.45, 7) is 0.757. The number of nitrogens with zero attached hydrogens (tertiary/aromatic N) is 1. The van der Waals surface area contributed by atoms with Crippen LogP contribution in [-0.2, 0) is 11.3 Å². The summed E-state index contributed by atoms with van der Waals surface area (Å²) in [6.07, 6.45) is 0.754. The Bertz CT molecular complexity index is 651. The lowest BCUT2D eigenvalue weighted by Crippen LogP contribution is -2.31. The molecule has 108 valence electrons. The van der Waals surface area contributed by atoms with Crippen LogP contribution in [0.15, 0.2) is 41.8 Å². The second kappa shape index (κ2) is 6.10. The van der Waals surface area contributed by atoms with Crippen LogP contribution in [0.25, 0.3) is 0 Å². The van der Waals surface area contributed by atoms with Gasteiger partial charge in [0, 0.05) is 13.0 Å².